The van der Waals surface area contributed by atoms with Crippen molar-refractivity contribution in [3.8, 4) is 0 Å². The van der Waals surface area contributed by atoms with Gasteiger partial charge >= 0.3 is 0 Å². The Morgan fingerprint density at radius 3 is 2.65 bits per heavy atom. The van der Waals surface area contributed by atoms with E-state index in [0.717, 1.165) is 50.9 Å². The smallest absolute Gasteiger partial charge is 0.125 e. The molecular formula is C16H21N3O. The summed E-state index contributed by atoms with van der Waals surface area (Å²) in [5, 5.41) is 3.48. The van der Waals surface area contributed by atoms with Crippen LogP contribution in [0.1, 0.15) is 11.1 Å². The highest BCUT2D eigenvalue weighted by Gasteiger charge is 2.16. The van der Waals surface area contributed by atoms with Crippen LogP contribution in [0, 0.1) is 6.92 Å². The number of nitrogens with zero attached hydrogens (tertiary/aromatic N) is 2. The fourth-order valence-corrected chi connectivity index (χ4v) is 2.49. The van der Waals surface area contributed by atoms with Crippen molar-refractivity contribution in [2.45, 2.75) is 6.92 Å². The van der Waals surface area contributed by atoms with E-state index in [4.69, 9.17) is 4.74 Å². The zero-order valence-corrected chi connectivity index (χ0v) is 11.9. The number of morpholine rings is 1. The summed E-state index contributed by atoms with van der Waals surface area (Å²) in [5.41, 5.74) is 3.66. The highest BCUT2D eigenvalue weighted by molar-refractivity contribution is 5.99. The van der Waals surface area contributed by atoms with Crippen LogP contribution < -0.4 is 5.32 Å². The van der Waals surface area contributed by atoms with Crippen molar-refractivity contribution in [1.29, 1.82) is 0 Å². The molecule has 0 unspecified atom stereocenters. The van der Waals surface area contributed by atoms with Crippen LogP contribution in [-0.2, 0) is 4.74 Å². The molecule has 0 atom stereocenters. The number of nitrogens with one attached hydrogen (secondary N) is 1. The molecule has 0 saturated carbocycles. The molecule has 0 radical (unpaired) electrons. The van der Waals surface area contributed by atoms with Crippen LogP contribution in [0.15, 0.2) is 35.3 Å². The third-order valence-electron chi connectivity index (χ3n) is 3.67. The molecule has 1 fully saturated rings. The molecule has 1 saturated heterocycles. The predicted octanol–water partition coefficient (Wildman–Crippen LogP) is 1.67. The normalized spacial score (nSPS) is 19.8. The quantitative estimate of drug-likeness (QED) is 0.844. The lowest BCUT2D eigenvalue weighted by Crippen LogP contribution is -2.40. The molecule has 4 heteroatoms. The zero-order valence-electron chi connectivity index (χ0n) is 11.9. The Morgan fingerprint density at radius 2 is 1.90 bits per heavy atom. The fourth-order valence-electron chi connectivity index (χ4n) is 2.49. The first-order chi connectivity index (χ1) is 9.83. The SMILES string of the molecule is Cc1ccc(C2=CC(N3CCOCC3)=NCCN2)cc1. The Labute approximate surface area is 120 Å². The molecule has 0 aromatic heterocycles. The van der Waals surface area contributed by atoms with Crippen molar-refractivity contribution in [3.05, 3.63) is 41.5 Å². The minimum absolute atomic E-state index is 0.792. The molecule has 0 spiro atoms. The molecule has 3 rings (SSSR count). The van der Waals surface area contributed by atoms with Gasteiger partial charge in [-0.2, -0.15) is 0 Å². The number of benzene rings is 1. The van der Waals surface area contributed by atoms with Gasteiger partial charge in [0.05, 0.1) is 19.8 Å². The largest absolute Gasteiger partial charge is 0.383 e. The molecule has 1 aromatic carbocycles. The van der Waals surface area contributed by atoms with Gasteiger partial charge in [0.15, 0.2) is 0 Å². The monoisotopic (exact) mass is 271 g/mol. The van der Waals surface area contributed by atoms with Crippen LogP contribution in [0.25, 0.3) is 5.70 Å². The van der Waals surface area contributed by atoms with E-state index < -0.39 is 0 Å². The van der Waals surface area contributed by atoms with E-state index in [9.17, 15) is 0 Å². The van der Waals surface area contributed by atoms with Crippen LogP contribution in [0.5, 0.6) is 0 Å². The molecule has 0 amide bonds. The van der Waals surface area contributed by atoms with Gasteiger partial charge in [0.25, 0.3) is 0 Å². The first kappa shape index (κ1) is 13.2. The molecule has 0 aliphatic carbocycles. The predicted molar refractivity (Wildman–Crippen MR) is 81.9 cm³/mol. The lowest BCUT2D eigenvalue weighted by molar-refractivity contribution is 0.0684. The standard InChI is InChI=1S/C16H21N3O/c1-13-2-4-14(5-3-13)15-12-16(18-7-6-17-15)19-8-10-20-11-9-19/h2-5,12,17H,6-11H2,1H3. The number of aryl methyl sites for hydroxylation is 1. The molecule has 0 bridgehead atoms. The summed E-state index contributed by atoms with van der Waals surface area (Å²) in [6.07, 6.45) is 2.17. The summed E-state index contributed by atoms with van der Waals surface area (Å²) in [6, 6.07) is 8.62. The molecule has 1 N–H and O–H groups in total. The van der Waals surface area contributed by atoms with Gasteiger partial charge in [-0.05, 0) is 12.5 Å². The average molecular weight is 271 g/mol. The number of hydrogen-bond acceptors (Lipinski definition) is 4. The second kappa shape index (κ2) is 6.09. The van der Waals surface area contributed by atoms with E-state index in [0.29, 0.717) is 0 Å². The van der Waals surface area contributed by atoms with Crippen molar-refractivity contribution < 1.29 is 4.74 Å². The van der Waals surface area contributed by atoms with Crippen molar-refractivity contribution in [3.63, 3.8) is 0 Å². The first-order valence-electron chi connectivity index (χ1n) is 7.23. The molecule has 2 aliphatic heterocycles. The van der Waals surface area contributed by atoms with Gasteiger partial charge in [-0.25, -0.2) is 0 Å². The third kappa shape index (κ3) is 3.02. The van der Waals surface area contributed by atoms with Gasteiger partial charge in [0.2, 0.25) is 0 Å². The lowest BCUT2D eigenvalue weighted by atomic mass is 10.1. The van der Waals surface area contributed by atoms with Gasteiger partial charge in [-0.3, -0.25) is 4.99 Å². The fraction of sp³-hybridized carbons (Fsp3) is 0.438. The zero-order chi connectivity index (χ0) is 13.8. The van der Waals surface area contributed by atoms with Gasteiger partial charge < -0.3 is 15.0 Å². The summed E-state index contributed by atoms with van der Waals surface area (Å²) in [5.74, 6) is 1.08. The van der Waals surface area contributed by atoms with E-state index >= 15 is 0 Å². The molecule has 2 heterocycles. The Hall–Kier alpha value is -1.81. The van der Waals surface area contributed by atoms with E-state index in [1.54, 1.807) is 0 Å². The highest BCUT2D eigenvalue weighted by Crippen LogP contribution is 2.15. The Kier molecular flexibility index (Phi) is 4.02. The Bertz CT molecular complexity index is 513. The van der Waals surface area contributed by atoms with Crippen LogP contribution in [0.4, 0.5) is 0 Å². The van der Waals surface area contributed by atoms with Crippen LogP contribution in [0.3, 0.4) is 0 Å². The molecule has 20 heavy (non-hydrogen) atoms. The summed E-state index contributed by atoms with van der Waals surface area (Å²) in [6.45, 7) is 7.25. The van der Waals surface area contributed by atoms with Gasteiger partial charge in [0, 0.05) is 31.4 Å². The van der Waals surface area contributed by atoms with Crippen LogP contribution in [0.2, 0.25) is 0 Å². The minimum atomic E-state index is 0.792. The summed E-state index contributed by atoms with van der Waals surface area (Å²) in [7, 11) is 0. The third-order valence-corrected chi connectivity index (χ3v) is 3.67. The Balaban J connectivity index is 1.84. The van der Waals surface area contributed by atoms with E-state index in [2.05, 4.69) is 52.5 Å². The summed E-state index contributed by atoms with van der Waals surface area (Å²) in [4.78, 5) is 7.00. The lowest BCUT2D eigenvalue weighted by Gasteiger charge is -2.28. The average Bonchev–Trinajstić information content (AvgIpc) is 2.75. The van der Waals surface area contributed by atoms with Crippen molar-refractivity contribution in [2.24, 2.45) is 4.99 Å². The molecule has 106 valence electrons. The second-order valence-electron chi connectivity index (χ2n) is 5.19. The van der Waals surface area contributed by atoms with Crippen molar-refractivity contribution in [1.82, 2.24) is 10.2 Å². The molecule has 2 aliphatic rings. The summed E-state index contributed by atoms with van der Waals surface area (Å²) < 4.78 is 5.41. The maximum Gasteiger partial charge on any atom is 0.125 e. The maximum atomic E-state index is 5.41. The van der Waals surface area contributed by atoms with E-state index in [-0.39, 0.29) is 0 Å². The Morgan fingerprint density at radius 1 is 1.15 bits per heavy atom. The molecule has 4 nitrogen and oxygen atoms in total. The molecular weight excluding hydrogens is 250 g/mol. The molecule has 1 aromatic rings. The van der Waals surface area contributed by atoms with Gasteiger partial charge in [-0.1, -0.05) is 29.8 Å². The van der Waals surface area contributed by atoms with E-state index in [1.807, 2.05) is 0 Å². The maximum absolute atomic E-state index is 5.41. The number of amidine groups is 1. The van der Waals surface area contributed by atoms with Gasteiger partial charge in [-0.15, -0.1) is 0 Å². The van der Waals surface area contributed by atoms with Crippen molar-refractivity contribution >= 4 is 11.5 Å². The highest BCUT2D eigenvalue weighted by atomic mass is 16.5. The minimum Gasteiger partial charge on any atom is -0.383 e. The number of aliphatic imine (C=N–C) groups is 1. The van der Waals surface area contributed by atoms with Crippen LogP contribution >= 0.6 is 0 Å². The summed E-state index contributed by atoms with van der Waals surface area (Å²) >= 11 is 0. The van der Waals surface area contributed by atoms with Crippen molar-refractivity contribution in [2.75, 3.05) is 39.4 Å². The first-order valence-corrected chi connectivity index (χ1v) is 7.23. The van der Waals surface area contributed by atoms with Crippen LogP contribution in [-0.4, -0.2) is 50.1 Å². The number of rotatable bonds is 1. The number of hydrogen-bond donors (Lipinski definition) is 1. The topological polar surface area (TPSA) is 36.9 Å². The van der Waals surface area contributed by atoms with Gasteiger partial charge in [0.1, 0.15) is 5.84 Å². The van der Waals surface area contributed by atoms with E-state index in [1.165, 1.54) is 11.1 Å². The second-order valence-corrected chi connectivity index (χ2v) is 5.19. The number of ether oxygens (including phenoxy) is 1.